The normalized spacial score (nSPS) is 60.5. The van der Waals surface area contributed by atoms with Crippen LogP contribution in [0.25, 0.3) is 0 Å². The van der Waals surface area contributed by atoms with Crippen molar-refractivity contribution >= 4 is 17.6 Å². The van der Waals surface area contributed by atoms with Crippen molar-refractivity contribution in [1.82, 2.24) is 0 Å². The first kappa shape index (κ1) is 7.98. The average Bonchev–Trinajstić information content (AvgIpc) is 2.73. The van der Waals surface area contributed by atoms with E-state index in [1.54, 1.807) is 0 Å². The standard InChI is InChI=1S/C11H13ClO2/c12-4-8(13)14-11-2-6-1-7-3-10(7,5-11)9(6)11/h6-7,9H,1-5H2. The molecule has 5 atom stereocenters. The van der Waals surface area contributed by atoms with Crippen molar-refractivity contribution in [1.29, 1.82) is 0 Å². The molecule has 76 valence electrons. The van der Waals surface area contributed by atoms with E-state index >= 15 is 0 Å². The smallest absolute Gasteiger partial charge is 0.321 e. The van der Waals surface area contributed by atoms with Crippen LogP contribution in [0.5, 0.6) is 0 Å². The van der Waals surface area contributed by atoms with E-state index in [2.05, 4.69) is 0 Å². The summed E-state index contributed by atoms with van der Waals surface area (Å²) in [7, 11) is 0. The van der Waals surface area contributed by atoms with Gasteiger partial charge in [0, 0.05) is 5.92 Å². The van der Waals surface area contributed by atoms with E-state index in [0.29, 0.717) is 5.41 Å². The predicted molar refractivity (Wildman–Crippen MR) is 50.9 cm³/mol. The lowest BCUT2D eigenvalue weighted by atomic mass is 9.45. The van der Waals surface area contributed by atoms with E-state index in [4.69, 9.17) is 16.3 Å². The molecule has 0 aromatic heterocycles. The third-order valence-corrected chi connectivity index (χ3v) is 5.40. The summed E-state index contributed by atoms with van der Waals surface area (Å²) >= 11 is 5.47. The first-order valence-corrected chi connectivity index (χ1v) is 6.01. The van der Waals surface area contributed by atoms with Gasteiger partial charge in [-0.1, -0.05) is 0 Å². The monoisotopic (exact) mass is 212 g/mol. The lowest BCUT2D eigenvalue weighted by molar-refractivity contribution is -0.255. The Morgan fingerprint density at radius 1 is 1.50 bits per heavy atom. The lowest BCUT2D eigenvalue weighted by Gasteiger charge is -2.64. The summed E-state index contributed by atoms with van der Waals surface area (Å²) < 4.78 is 5.52. The second-order valence-corrected chi connectivity index (χ2v) is 5.93. The lowest BCUT2D eigenvalue weighted by Crippen LogP contribution is -2.67. The van der Waals surface area contributed by atoms with Crippen LogP contribution >= 0.6 is 11.6 Å². The van der Waals surface area contributed by atoms with Gasteiger partial charge in [0.1, 0.15) is 11.5 Å². The third-order valence-electron chi connectivity index (χ3n) is 5.19. The number of ether oxygens (including phenoxy) is 1. The molecule has 4 saturated carbocycles. The molecule has 14 heavy (non-hydrogen) atoms. The van der Waals surface area contributed by atoms with Gasteiger partial charge < -0.3 is 4.74 Å². The zero-order chi connectivity index (χ0) is 9.55. The summed E-state index contributed by atoms with van der Waals surface area (Å²) in [5, 5.41) is 0. The van der Waals surface area contributed by atoms with Crippen molar-refractivity contribution in [2.45, 2.75) is 31.3 Å². The van der Waals surface area contributed by atoms with Crippen molar-refractivity contribution in [3.05, 3.63) is 0 Å². The molecule has 0 heterocycles. The molecule has 5 unspecified atom stereocenters. The van der Waals surface area contributed by atoms with E-state index in [-0.39, 0.29) is 17.5 Å². The highest BCUT2D eigenvalue weighted by Crippen LogP contribution is 2.87. The molecule has 0 saturated heterocycles. The highest BCUT2D eigenvalue weighted by molar-refractivity contribution is 6.26. The number of carbonyl (C=O) groups excluding carboxylic acids is 1. The Labute approximate surface area is 87.9 Å². The van der Waals surface area contributed by atoms with Crippen LogP contribution in [-0.4, -0.2) is 17.5 Å². The molecule has 0 N–H and O–H groups in total. The van der Waals surface area contributed by atoms with Gasteiger partial charge in [-0.15, -0.1) is 11.6 Å². The molecular formula is C11H13ClO2. The van der Waals surface area contributed by atoms with Crippen LogP contribution in [0.2, 0.25) is 0 Å². The largest absolute Gasteiger partial charge is 0.458 e. The minimum atomic E-state index is -0.218. The van der Waals surface area contributed by atoms with Crippen LogP contribution in [0.15, 0.2) is 0 Å². The van der Waals surface area contributed by atoms with Gasteiger partial charge in [0.25, 0.3) is 0 Å². The van der Waals surface area contributed by atoms with E-state index in [1.165, 1.54) is 12.8 Å². The maximum atomic E-state index is 11.2. The Morgan fingerprint density at radius 2 is 2.36 bits per heavy atom. The van der Waals surface area contributed by atoms with Gasteiger partial charge in [-0.2, -0.15) is 0 Å². The number of carbonyl (C=O) groups is 1. The Balaban J connectivity index is 1.57. The van der Waals surface area contributed by atoms with Gasteiger partial charge in [0.15, 0.2) is 0 Å². The zero-order valence-electron chi connectivity index (χ0n) is 7.96. The quantitative estimate of drug-likeness (QED) is 0.517. The van der Waals surface area contributed by atoms with Crippen molar-refractivity contribution in [3.63, 3.8) is 0 Å². The maximum absolute atomic E-state index is 11.2. The Bertz CT molecular complexity index is 342. The van der Waals surface area contributed by atoms with Crippen molar-refractivity contribution in [3.8, 4) is 0 Å². The summed E-state index contributed by atoms with van der Waals surface area (Å²) in [4.78, 5) is 11.2. The molecule has 4 fully saturated rings. The van der Waals surface area contributed by atoms with E-state index in [1.807, 2.05) is 0 Å². The summed E-state index contributed by atoms with van der Waals surface area (Å²) in [5.74, 6) is 2.39. The molecule has 0 radical (unpaired) electrons. The molecule has 0 aromatic carbocycles. The molecular weight excluding hydrogens is 200 g/mol. The van der Waals surface area contributed by atoms with Gasteiger partial charge in [0.05, 0.1) is 0 Å². The fourth-order valence-corrected chi connectivity index (χ4v) is 5.02. The fourth-order valence-electron chi connectivity index (χ4n) is 4.96. The Kier molecular flexibility index (Phi) is 1.14. The Hall–Kier alpha value is -0.240. The number of halogens is 1. The van der Waals surface area contributed by atoms with Crippen molar-refractivity contribution < 1.29 is 9.53 Å². The van der Waals surface area contributed by atoms with Gasteiger partial charge in [-0.25, -0.2) is 0 Å². The van der Waals surface area contributed by atoms with Gasteiger partial charge in [-0.3, -0.25) is 4.79 Å². The van der Waals surface area contributed by atoms with E-state index < -0.39 is 0 Å². The highest BCUT2D eigenvalue weighted by Gasteiger charge is 2.86. The zero-order valence-corrected chi connectivity index (χ0v) is 8.72. The maximum Gasteiger partial charge on any atom is 0.321 e. The molecule has 3 heteroatoms. The molecule has 2 nitrogen and oxygen atoms in total. The molecule has 0 aliphatic heterocycles. The van der Waals surface area contributed by atoms with Crippen molar-refractivity contribution in [2.75, 3.05) is 5.88 Å². The SMILES string of the molecule is O=C(CCl)OC12CC3CC4CC4(C1)C32. The molecule has 0 bridgehead atoms. The van der Waals surface area contributed by atoms with Crippen LogP contribution in [-0.2, 0) is 9.53 Å². The minimum absolute atomic E-state index is 0.00949. The number of alkyl halides is 1. The topological polar surface area (TPSA) is 26.3 Å². The van der Waals surface area contributed by atoms with Crippen LogP contribution in [0.4, 0.5) is 0 Å². The van der Waals surface area contributed by atoms with E-state index in [9.17, 15) is 4.79 Å². The van der Waals surface area contributed by atoms with Crippen LogP contribution < -0.4 is 0 Å². The molecule has 4 aliphatic rings. The van der Waals surface area contributed by atoms with Gasteiger partial charge in [0.2, 0.25) is 0 Å². The van der Waals surface area contributed by atoms with Gasteiger partial charge in [-0.05, 0) is 42.9 Å². The number of esters is 1. The average molecular weight is 213 g/mol. The Morgan fingerprint density at radius 3 is 3.07 bits per heavy atom. The highest BCUT2D eigenvalue weighted by atomic mass is 35.5. The molecule has 4 aliphatic carbocycles. The van der Waals surface area contributed by atoms with Gasteiger partial charge >= 0.3 is 5.97 Å². The number of hydrogen-bond acceptors (Lipinski definition) is 2. The number of hydrogen-bond donors (Lipinski definition) is 0. The summed E-state index contributed by atoms with van der Waals surface area (Å²) in [6.45, 7) is 0. The predicted octanol–water partition coefficient (Wildman–Crippen LogP) is 1.96. The molecule has 0 aromatic rings. The first-order chi connectivity index (χ1) is 6.70. The van der Waals surface area contributed by atoms with Crippen LogP contribution in [0, 0.1) is 23.2 Å². The molecule has 1 spiro atoms. The summed E-state index contributed by atoms with van der Waals surface area (Å²) in [5.41, 5.74) is 0.609. The van der Waals surface area contributed by atoms with Crippen LogP contribution in [0.3, 0.4) is 0 Å². The third kappa shape index (κ3) is 0.623. The summed E-state index contributed by atoms with van der Waals surface area (Å²) in [6.07, 6.45) is 5.09. The fraction of sp³-hybridized carbons (Fsp3) is 0.909. The molecule has 0 amide bonds. The second-order valence-electron chi connectivity index (χ2n) is 5.66. The van der Waals surface area contributed by atoms with Crippen LogP contribution in [0.1, 0.15) is 25.7 Å². The second kappa shape index (κ2) is 1.99. The van der Waals surface area contributed by atoms with E-state index in [0.717, 1.165) is 30.6 Å². The summed E-state index contributed by atoms with van der Waals surface area (Å²) in [6, 6.07) is 0. The minimum Gasteiger partial charge on any atom is -0.458 e. The van der Waals surface area contributed by atoms with Crippen molar-refractivity contribution in [2.24, 2.45) is 23.2 Å². The number of rotatable bonds is 2. The molecule has 4 rings (SSSR count). The first-order valence-electron chi connectivity index (χ1n) is 5.48.